The average Bonchev–Trinajstić information content (AvgIpc) is 2.50. The van der Waals surface area contributed by atoms with E-state index in [1.807, 2.05) is 37.3 Å². The van der Waals surface area contributed by atoms with Crippen molar-refractivity contribution in [3.63, 3.8) is 0 Å². The van der Waals surface area contributed by atoms with Crippen LogP contribution in [-0.4, -0.2) is 17.6 Å². The third-order valence-electron chi connectivity index (χ3n) is 3.46. The van der Waals surface area contributed by atoms with E-state index in [9.17, 15) is 9.59 Å². The van der Waals surface area contributed by atoms with E-state index in [2.05, 4.69) is 5.32 Å². The van der Waals surface area contributed by atoms with Crippen molar-refractivity contribution in [2.45, 2.75) is 46.1 Å². The first kappa shape index (κ1) is 17.7. The lowest BCUT2D eigenvalue weighted by molar-refractivity contribution is -0.132. The molecule has 0 spiro atoms. The monoisotopic (exact) mass is 309 g/mol. The zero-order valence-corrected chi connectivity index (χ0v) is 13.7. The zero-order valence-electron chi connectivity index (χ0n) is 13.0. The van der Waals surface area contributed by atoms with Crippen LogP contribution in [0.2, 0.25) is 0 Å². The molecule has 1 atom stereocenters. The molecule has 3 nitrogen and oxygen atoms in total. The van der Waals surface area contributed by atoms with Crippen LogP contribution in [0.5, 0.6) is 0 Å². The van der Waals surface area contributed by atoms with E-state index in [-0.39, 0.29) is 17.6 Å². The lowest BCUT2D eigenvalue weighted by atomic mass is 9.92. The van der Waals surface area contributed by atoms with Crippen molar-refractivity contribution in [2.75, 3.05) is 5.88 Å². The number of hydrogen-bond donors (Lipinski definition) is 1. The Labute approximate surface area is 132 Å². The van der Waals surface area contributed by atoms with Gasteiger partial charge in [-0.15, -0.1) is 11.6 Å². The van der Waals surface area contributed by atoms with Crippen molar-refractivity contribution in [3.8, 4) is 0 Å². The fourth-order valence-electron chi connectivity index (χ4n) is 1.88. The Morgan fingerprint density at radius 2 is 1.86 bits per heavy atom. The van der Waals surface area contributed by atoms with E-state index in [0.29, 0.717) is 6.42 Å². The lowest BCUT2D eigenvalue weighted by Gasteiger charge is -2.25. The number of alkyl halides is 1. The molecule has 0 saturated heterocycles. The summed E-state index contributed by atoms with van der Waals surface area (Å²) in [5.41, 5.74) is 0.122. The minimum Gasteiger partial charge on any atom is -0.342 e. The summed E-state index contributed by atoms with van der Waals surface area (Å²) in [7, 11) is 0. The predicted octanol–water partition coefficient (Wildman–Crippen LogP) is 3.87. The van der Waals surface area contributed by atoms with E-state index in [1.54, 1.807) is 13.8 Å². The largest absolute Gasteiger partial charge is 0.342 e. The van der Waals surface area contributed by atoms with Crippen LogP contribution in [-0.2, 0) is 9.59 Å². The number of benzene rings is 1. The van der Waals surface area contributed by atoms with E-state index < -0.39 is 11.5 Å². The molecule has 116 valence electrons. The molecule has 21 heavy (non-hydrogen) atoms. The van der Waals surface area contributed by atoms with Crippen LogP contribution >= 0.6 is 11.6 Å². The number of rotatable bonds is 8. The third-order valence-corrected chi connectivity index (χ3v) is 4.12. The van der Waals surface area contributed by atoms with Crippen molar-refractivity contribution in [1.82, 2.24) is 5.32 Å². The number of Topliss-reactive ketones (excluding diaryl/α,β-unsaturated/α-hetero) is 1. The topological polar surface area (TPSA) is 46.2 Å². The van der Waals surface area contributed by atoms with Crippen molar-refractivity contribution in [1.29, 1.82) is 0 Å². The molecule has 1 aromatic rings. The van der Waals surface area contributed by atoms with Crippen molar-refractivity contribution >= 4 is 23.3 Å². The average molecular weight is 310 g/mol. The van der Waals surface area contributed by atoms with Crippen molar-refractivity contribution < 1.29 is 9.59 Å². The van der Waals surface area contributed by atoms with E-state index >= 15 is 0 Å². The fourth-order valence-corrected chi connectivity index (χ4v) is 2.00. The predicted molar refractivity (Wildman–Crippen MR) is 86.4 cm³/mol. The van der Waals surface area contributed by atoms with Crippen LogP contribution in [0.25, 0.3) is 0 Å². The zero-order chi connectivity index (χ0) is 15.9. The maximum Gasteiger partial charge on any atom is 0.227 e. The standard InChI is InChI=1S/C17H24ClNO2/c1-4-5-11-14(20)15(13-9-7-6-8-10-13)19-16(21)17(2,3)12-18/h6-10,15H,4-5,11-12H2,1-3H3,(H,19,21). The second kappa shape index (κ2) is 8.18. The van der Waals surface area contributed by atoms with E-state index in [1.165, 1.54) is 0 Å². The molecule has 0 aliphatic rings. The first-order valence-electron chi connectivity index (χ1n) is 7.37. The maximum atomic E-state index is 12.4. The normalized spacial score (nSPS) is 12.8. The molecule has 0 aromatic heterocycles. The number of unbranched alkanes of at least 4 members (excludes halogenated alkanes) is 1. The molecule has 1 rings (SSSR count). The van der Waals surface area contributed by atoms with Gasteiger partial charge in [0.15, 0.2) is 5.78 Å². The molecule has 0 aliphatic carbocycles. The Morgan fingerprint density at radius 3 is 2.38 bits per heavy atom. The fraction of sp³-hybridized carbons (Fsp3) is 0.529. The molecule has 0 aliphatic heterocycles. The molecular formula is C17H24ClNO2. The van der Waals surface area contributed by atoms with Crippen molar-refractivity contribution in [3.05, 3.63) is 35.9 Å². The van der Waals surface area contributed by atoms with Crippen LogP contribution < -0.4 is 5.32 Å². The van der Waals surface area contributed by atoms with Gasteiger partial charge in [-0.05, 0) is 25.8 Å². The van der Waals surface area contributed by atoms with Gasteiger partial charge in [-0.3, -0.25) is 9.59 Å². The number of ketones is 1. The summed E-state index contributed by atoms with van der Waals surface area (Å²) in [5, 5.41) is 2.86. The summed E-state index contributed by atoms with van der Waals surface area (Å²) in [6.07, 6.45) is 2.25. The molecule has 1 unspecified atom stereocenters. The Balaban J connectivity index is 2.93. The van der Waals surface area contributed by atoms with E-state index in [4.69, 9.17) is 11.6 Å². The second-order valence-electron chi connectivity index (χ2n) is 5.90. The highest BCUT2D eigenvalue weighted by atomic mass is 35.5. The van der Waals surface area contributed by atoms with Gasteiger partial charge in [0, 0.05) is 12.3 Å². The van der Waals surface area contributed by atoms with Gasteiger partial charge in [0.2, 0.25) is 5.91 Å². The molecular weight excluding hydrogens is 286 g/mol. The van der Waals surface area contributed by atoms with Crippen LogP contribution in [0.3, 0.4) is 0 Å². The highest BCUT2D eigenvalue weighted by Gasteiger charge is 2.31. The quantitative estimate of drug-likeness (QED) is 0.741. The lowest BCUT2D eigenvalue weighted by Crippen LogP contribution is -2.42. The maximum absolute atomic E-state index is 12.4. The number of halogens is 1. The molecule has 0 heterocycles. The summed E-state index contributed by atoms with van der Waals surface area (Å²) in [6.45, 7) is 5.59. The molecule has 0 saturated carbocycles. The van der Waals surface area contributed by atoms with Crippen LogP contribution in [0.1, 0.15) is 51.6 Å². The molecule has 4 heteroatoms. The van der Waals surface area contributed by atoms with Gasteiger partial charge in [-0.1, -0.05) is 43.7 Å². The Kier molecular flexibility index (Phi) is 6.90. The summed E-state index contributed by atoms with van der Waals surface area (Å²) < 4.78 is 0. The Hall–Kier alpha value is -1.35. The van der Waals surface area contributed by atoms with Gasteiger partial charge >= 0.3 is 0 Å². The van der Waals surface area contributed by atoms with Crippen LogP contribution in [0.15, 0.2) is 30.3 Å². The Morgan fingerprint density at radius 1 is 1.24 bits per heavy atom. The summed E-state index contributed by atoms with van der Waals surface area (Å²) in [5.74, 6) is 0.0571. The first-order chi connectivity index (χ1) is 9.92. The molecule has 0 fully saturated rings. The highest BCUT2D eigenvalue weighted by molar-refractivity contribution is 6.19. The molecule has 1 amide bonds. The molecule has 0 bridgehead atoms. The minimum atomic E-state index is -0.695. The van der Waals surface area contributed by atoms with Crippen LogP contribution in [0.4, 0.5) is 0 Å². The molecule has 0 radical (unpaired) electrons. The van der Waals surface area contributed by atoms with Crippen molar-refractivity contribution in [2.24, 2.45) is 5.41 Å². The first-order valence-corrected chi connectivity index (χ1v) is 7.90. The number of nitrogens with one attached hydrogen (secondary N) is 1. The molecule has 1 aromatic carbocycles. The summed E-state index contributed by atoms with van der Waals surface area (Å²) >= 11 is 5.83. The van der Waals surface area contributed by atoms with Gasteiger partial charge in [0.1, 0.15) is 6.04 Å². The van der Waals surface area contributed by atoms with Gasteiger partial charge < -0.3 is 5.32 Å². The Bertz CT molecular complexity index is 471. The van der Waals surface area contributed by atoms with Gasteiger partial charge in [-0.2, -0.15) is 0 Å². The summed E-state index contributed by atoms with van der Waals surface area (Å²) in [4.78, 5) is 24.7. The summed E-state index contributed by atoms with van der Waals surface area (Å²) in [6, 6.07) is 8.77. The second-order valence-corrected chi connectivity index (χ2v) is 6.17. The SMILES string of the molecule is CCCCC(=O)C(NC(=O)C(C)(C)CCl)c1ccccc1. The minimum absolute atomic E-state index is 0.0433. The van der Waals surface area contributed by atoms with E-state index in [0.717, 1.165) is 18.4 Å². The number of carbonyl (C=O) groups excluding carboxylic acids is 2. The number of amides is 1. The third kappa shape index (κ3) is 5.16. The smallest absolute Gasteiger partial charge is 0.227 e. The molecule has 1 N–H and O–H groups in total. The van der Waals surface area contributed by atoms with Gasteiger partial charge in [-0.25, -0.2) is 0 Å². The number of hydrogen-bond acceptors (Lipinski definition) is 2. The van der Waals surface area contributed by atoms with Gasteiger partial charge in [0.05, 0.1) is 5.41 Å². The van der Waals surface area contributed by atoms with Gasteiger partial charge in [0.25, 0.3) is 0 Å². The van der Waals surface area contributed by atoms with Crippen LogP contribution in [0, 0.1) is 5.41 Å². The highest BCUT2D eigenvalue weighted by Crippen LogP contribution is 2.22. The number of carbonyl (C=O) groups is 2.